The molecule has 0 radical (unpaired) electrons. The van der Waals surface area contributed by atoms with E-state index in [-0.39, 0.29) is 0 Å². The van der Waals surface area contributed by atoms with Crippen LogP contribution in [-0.4, -0.2) is 9.13 Å². The molecule has 0 atom stereocenters. The molecule has 2 nitrogen and oxygen atoms in total. The van der Waals surface area contributed by atoms with Crippen LogP contribution < -0.4 is 0 Å². The fourth-order valence-electron chi connectivity index (χ4n) is 8.50. The molecule has 2 aromatic heterocycles. The zero-order chi connectivity index (χ0) is 35.6. The van der Waals surface area contributed by atoms with Crippen LogP contribution in [0.1, 0.15) is 0 Å². The van der Waals surface area contributed by atoms with Gasteiger partial charge in [0.2, 0.25) is 0 Å². The van der Waals surface area contributed by atoms with Crippen molar-refractivity contribution in [1.82, 2.24) is 9.13 Å². The highest BCUT2D eigenvalue weighted by Gasteiger charge is 2.21. The molecule has 0 bridgehead atoms. The van der Waals surface area contributed by atoms with Crippen LogP contribution in [0.25, 0.3) is 99.1 Å². The number of benzene rings is 9. The number of hydrogen-bond acceptors (Lipinski definition) is 0. The maximum Gasteiger partial charge on any atom is 0.0788 e. The fraction of sp³-hybridized carbons (Fsp3) is 0. The van der Waals surface area contributed by atoms with E-state index in [0.717, 1.165) is 11.4 Å². The number of para-hydroxylation sites is 2. The van der Waals surface area contributed by atoms with Crippen LogP contribution in [-0.2, 0) is 0 Å². The van der Waals surface area contributed by atoms with Gasteiger partial charge in [-0.2, -0.15) is 0 Å². The van der Waals surface area contributed by atoms with Gasteiger partial charge < -0.3 is 9.13 Å². The highest BCUT2D eigenvalue weighted by molar-refractivity contribution is 6.23. The third kappa shape index (κ3) is 4.81. The SMILES string of the molecule is c1ccc(-c2ccc(-n3c4ccccc4c4ccc5c6ccccc6n(-c6ccc(-c7ccc(-c8ccc9ccccc9c8)cc7)cc6)c5c43)cc2)cc1. The normalized spacial score (nSPS) is 11.7. The van der Waals surface area contributed by atoms with Crippen molar-refractivity contribution < 1.29 is 0 Å². The van der Waals surface area contributed by atoms with Gasteiger partial charge in [-0.25, -0.2) is 0 Å². The first-order valence-electron chi connectivity index (χ1n) is 18.6. The van der Waals surface area contributed by atoms with Gasteiger partial charge in [0.05, 0.1) is 22.1 Å². The summed E-state index contributed by atoms with van der Waals surface area (Å²) in [4.78, 5) is 0. The fourth-order valence-corrected chi connectivity index (χ4v) is 8.50. The average Bonchev–Trinajstić information content (AvgIpc) is 3.77. The Bertz CT molecular complexity index is 3160. The number of aromatic nitrogens is 2. The minimum Gasteiger partial charge on any atom is -0.307 e. The topological polar surface area (TPSA) is 9.86 Å². The van der Waals surface area contributed by atoms with Crippen LogP contribution in [0.4, 0.5) is 0 Å². The van der Waals surface area contributed by atoms with Crippen LogP contribution in [0, 0.1) is 0 Å². The molecule has 0 aliphatic rings. The number of nitrogens with zero attached hydrogens (tertiary/aromatic N) is 2. The van der Waals surface area contributed by atoms with E-state index in [1.54, 1.807) is 0 Å². The molecular formula is C52H34N2. The summed E-state index contributed by atoms with van der Waals surface area (Å²) < 4.78 is 4.93. The Labute approximate surface area is 313 Å². The van der Waals surface area contributed by atoms with Gasteiger partial charge in [0.25, 0.3) is 0 Å². The third-order valence-electron chi connectivity index (χ3n) is 11.1. The zero-order valence-electron chi connectivity index (χ0n) is 29.5. The summed E-state index contributed by atoms with van der Waals surface area (Å²) >= 11 is 0. The van der Waals surface area contributed by atoms with Crippen molar-refractivity contribution in [3.63, 3.8) is 0 Å². The second-order valence-corrected chi connectivity index (χ2v) is 14.2. The van der Waals surface area contributed by atoms with Gasteiger partial charge in [-0.3, -0.25) is 0 Å². The maximum absolute atomic E-state index is 2.47. The van der Waals surface area contributed by atoms with Crippen molar-refractivity contribution in [3.8, 4) is 44.8 Å². The number of rotatable bonds is 5. The van der Waals surface area contributed by atoms with E-state index in [4.69, 9.17) is 0 Å². The Hall–Kier alpha value is -7.16. The smallest absolute Gasteiger partial charge is 0.0788 e. The minimum absolute atomic E-state index is 1.14. The summed E-state index contributed by atoms with van der Waals surface area (Å²) in [6, 6.07) is 75.2. The van der Waals surface area contributed by atoms with E-state index in [1.807, 2.05) is 0 Å². The minimum atomic E-state index is 1.14. The molecule has 9 aromatic carbocycles. The quantitative estimate of drug-likeness (QED) is 0.171. The predicted molar refractivity (Wildman–Crippen MR) is 229 cm³/mol. The van der Waals surface area contributed by atoms with E-state index in [1.165, 1.54) is 87.8 Å². The van der Waals surface area contributed by atoms with Gasteiger partial charge in [-0.15, -0.1) is 0 Å². The van der Waals surface area contributed by atoms with Crippen LogP contribution in [0.2, 0.25) is 0 Å². The lowest BCUT2D eigenvalue weighted by molar-refractivity contribution is 1.15. The van der Waals surface area contributed by atoms with E-state index in [0.29, 0.717) is 0 Å². The van der Waals surface area contributed by atoms with Crippen molar-refractivity contribution >= 4 is 54.4 Å². The summed E-state index contributed by atoms with van der Waals surface area (Å²) in [5, 5.41) is 7.52. The molecule has 0 aliphatic heterocycles. The molecule has 252 valence electrons. The second-order valence-electron chi connectivity index (χ2n) is 14.2. The second kappa shape index (κ2) is 12.2. The summed E-state index contributed by atoms with van der Waals surface area (Å²) in [5.41, 5.74) is 14.4. The average molecular weight is 687 g/mol. The summed E-state index contributed by atoms with van der Waals surface area (Å²) in [7, 11) is 0. The van der Waals surface area contributed by atoms with Crippen molar-refractivity contribution in [2.24, 2.45) is 0 Å². The molecule has 0 saturated heterocycles. The molecule has 0 unspecified atom stereocenters. The monoisotopic (exact) mass is 686 g/mol. The first kappa shape index (κ1) is 30.5. The van der Waals surface area contributed by atoms with Crippen LogP contribution in [0.15, 0.2) is 206 Å². The first-order valence-corrected chi connectivity index (χ1v) is 18.6. The molecule has 54 heavy (non-hydrogen) atoms. The van der Waals surface area contributed by atoms with Gasteiger partial charge >= 0.3 is 0 Å². The van der Waals surface area contributed by atoms with Crippen molar-refractivity contribution in [3.05, 3.63) is 206 Å². The standard InChI is InChI=1S/C52H34N2/c1-2-10-35(11-3-1)38-24-28-43(29-25-38)53-49-16-8-6-14-45(49)47-32-33-48-46-15-7-9-17-50(46)54(52(48)51(47)53)44-30-26-39(27-31-44)37-18-20-40(21-19-37)42-23-22-36-12-4-5-13-41(36)34-42/h1-34H. The molecule has 0 N–H and O–H groups in total. The van der Waals surface area contributed by atoms with Crippen molar-refractivity contribution in [2.45, 2.75) is 0 Å². The Morgan fingerprint density at radius 3 is 1.17 bits per heavy atom. The Kier molecular flexibility index (Phi) is 6.90. The van der Waals surface area contributed by atoms with E-state index >= 15 is 0 Å². The summed E-state index contributed by atoms with van der Waals surface area (Å²) in [6.07, 6.45) is 0. The molecule has 0 saturated carbocycles. The molecule has 0 aliphatic carbocycles. The van der Waals surface area contributed by atoms with Gasteiger partial charge in [0, 0.05) is 32.9 Å². The van der Waals surface area contributed by atoms with Crippen LogP contribution in [0.5, 0.6) is 0 Å². The Morgan fingerprint density at radius 1 is 0.241 bits per heavy atom. The van der Waals surface area contributed by atoms with E-state index in [2.05, 4.69) is 215 Å². The molecule has 0 spiro atoms. The maximum atomic E-state index is 2.47. The number of hydrogen-bond donors (Lipinski definition) is 0. The van der Waals surface area contributed by atoms with E-state index < -0.39 is 0 Å². The third-order valence-corrected chi connectivity index (χ3v) is 11.1. The predicted octanol–water partition coefficient (Wildman–Crippen LogP) is 14.0. The summed E-state index contributed by atoms with van der Waals surface area (Å²) in [5.74, 6) is 0. The lowest BCUT2D eigenvalue weighted by Gasteiger charge is -2.14. The van der Waals surface area contributed by atoms with Crippen LogP contribution in [0.3, 0.4) is 0 Å². The molecule has 2 heteroatoms. The largest absolute Gasteiger partial charge is 0.307 e. The zero-order valence-corrected chi connectivity index (χ0v) is 29.5. The molecule has 11 rings (SSSR count). The molecule has 2 heterocycles. The Morgan fingerprint density at radius 2 is 0.630 bits per heavy atom. The molecule has 11 aromatic rings. The first-order chi connectivity index (χ1) is 26.8. The lowest BCUT2D eigenvalue weighted by Crippen LogP contribution is -1.98. The highest BCUT2D eigenvalue weighted by Crippen LogP contribution is 2.42. The van der Waals surface area contributed by atoms with E-state index in [9.17, 15) is 0 Å². The van der Waals surface area contributed by atoms with Gasteiger partial charge in [0.1, 0.15) is 0 Å². The Balaban J connectivity index is 1.06. The van der Waals surface area contributed by atoms with Crippen molar-refractivity contribution in [1.29, 1.82) is 0 Å². The lowest BCUT2D eigenvalue weighted by atomic mass is 9.98. The molecule has 0 amide bonds. The van der Waals surface area contributed by atoms with Gasteiger partial charge in [-0.05, 0) is 86.6 Å². The molecule has 0 fully saturated rings. The van der Waals surface area contributed by atoms with Gasteiger partial charge in [0.15, 0.2) is 0 Å². The highest BCUT2D eigenvalue weighted by atomic mass is 15.0. The van der Waals surface area contributed by atoms with Gasteiger partial charge in [-0.1, -0.05) is 164 Å². The van der Waals surface area contributed by atoms with Crippen LogP contribution >= 0.6 is 0 Å². The van der Waals surface area contributed by atoms with Crippen molar-refractivity contribution in [2.75, 3.05) is 0 Å². The number of fused-ring (bicyclic) bond motifs is 8. The molecular weight excluding hydrogens is 653 g/mol. The summed E-state index contributed by atoms with van der Waals surface area (Å²) in [6.45, 7) is 0.